The lowest BCUT2D eigenvalue weighted by molar-refractivity contribution is 0.0109. The third kappa shape index (κ3) is 2.86. The van der Waals surface area contributed by atoms with Crippen LogP contribution in [0.4, 0.5) is 0 Å². The first-order valence-corrected chi connectivity index (χ1v) is 6.67. The summed E-state index contributed by atoms with van der Waals surface area (Å²) in [6, 6.07) is 0. The standard InChI is InChI=1S/C10H20N2OS/c13-10(2-1-7-14-9-10)8-12-5-3-11-4-6-12/h11,13H,1-9H2. The third-order valence-corrected chi connectivity index (χ3v) is 4.35. The summed E-state index contributed by atoms with van der Waals surface area (Å²) in [4.78, 5) is 2.39. The number of thioether (sulfide) groups is 1. The number of hydrogen-bond donors (Lipinski definition) is 2. The Hall–Kier alpha value is 0.230. The van der Waals surface area contributed by atoms with Gasteiger partial charge in [-0.2, -0.15) is 11.8 Å². The number of rotatable bonds is 2. The lowest BCUT2D eigenvalue weighted by atomic mass is 9.99. The molecule has 0 aliphatic carbocycles. The van der Waals surface area contributed by atoms with Crippen LogP contribution in [0.15, 0.2) is 0 Å². The van der Waals surface area contributed by atoms with Crippen molar-refractivity contribution in [3.05, 3.63) is 0 Å². The van der Waals surface area contributed by atoms with Crippen molar-refractivity contribution in [2.24, 2.45) is 0 Å². The maximum Gasteiger partial charge on any atom is 0.0864 e. The molecule has 2 N–H and O–H groups in total. The molecule has 4 heteroatoms. The minimum absolute atomic E-state index is 0.403. The van der Waals surface area contributed by atoms with Crippen LogP contribution in [0.25, 0.3) is 0 Å². The molecule has 82 valence electrons. The van der Waals surface area contributed by atoms with Crippen molar-refractivity contribution < 1.29 is 5.11 Å². The maximum absolute atomic E-state index is 10.3. The lowest BCUT2D eigenvalue weighted by Gasteiger charge is -2.38. The topological polar surface area (TPSA) is 35.5 Å². The summed E-state index contributed by atoms with van der Waals surface area (Å²) >= 11 is 1.90. The number of aliphatic hydroxyl groups is 1. The van der Waals surface area contributed by atoms with E-state index in [4.69, 9.17) is 0 Å². The van der Waals surface area contributed by atoms with Crippen LogP contribution in [0.3, 0.4) is 0 Å². The van der Waals surface area contributed by atoms with E-state index in [1.165, 1.54) is 12.2 Å². The molecule has 2 rings (SSSR count). The quantitative estimate of drug-likeness (QED) is 0.689. The van der Waals surface area contributed by atoms with Gasteiger partial charge >= 0.3 is 0 Å². The van der Waals surface area contributed by atoms with E-state index >= 15 is 0 Å². The first-order valence-electron chi connectivity index (χ1n) is 5.52. The van der Waals surface area contributed by atoms with Crippen LogP contribution in [0.5, 0.6) is 0 Å². The van der Waals surface area contributed by atoms with Gasteiger partial charge in [-0.05, 0) is 18.6 Å². The molecule has 0 bridgehead atoms. The molecule has 0 amide bonds. The van der Waals surface area contributed by atoms with Crippen molar-refractivity contribution in [3.8, 4) is 0 Å². The molecule has 1 unspecified atom stereocenters. The van der Waals surface area contributed by atoms with Crippen molar-refractivity contribution in [2.45, 2.75) is 18.4 Å². The SMILES string of the molecule is OC1(CN2CCNCC2)CCCSC1. The van der Waals surface area contributed by atoms with Gasteiger partial charge in [0.1, 0.15) is 0 Å². The molecule has 2 saturated heterocycles. The molecule has 0 aromatic heterocycles. The van der Waals surface area contributed by atoms with Gasteiger partial charge in [0, 0.05) is 38.5 Å². The molecule has 0 spiro atoms. The van der Waals surface area contributed by atoms with Crippen molar-refractivity contribution >= 4 is 11.8 Å². The first-order chi connectivity index (χ1) is 6.79. The minimum atomic E-state index is -0.403. The largest absolute Gasteiger partial charge is 0.388 e. The van der Waals surface area contributed by atoms with Gasteiger partial charge in [-0.15, -0.1) is 0 Å². The summed E-state index contributed by atoms with van der Waals surface area (Å²) in [7, 11) is 0. The Morgan fingerprint density at radius 1 is 1.36 bits per heavy atom. The van der Waals surface area contributed by atoms with Crippen LogP contribution in [-0.4, -0.2) is 59.8 Å². The molecule has 2 aliphatic rings. The molecule has 0 saturated carbocycles. The van der Waals surface area contributed by atoms with Crippen LogP contribution in [-0.2, 0) is 0 Å². The van der Waals surface area contributed by atoms with Crippen LogP contribution in [0.2, 0.25) is 0 Å². The van der Waals surface area contributed by atoms with Crippen LogP contribution in [0.1, 0.15) is 12.8 Å². The first kappa shape index (κ1) is 10.7. The van der Waals surface area contributed by atoms with E-state index in [1.54, 1.807) is 0 Å². The van der Waals surface area contributed by atoms with E-state index < -0.39 is 5.60 Å². The van der Waals surface area contributed by atoms with E-state index in [-0.39, 0.29) is 0 Å². The van der Waals surface area contributed by atoms with E-state index in [9.17, 15) is 5.11 Å². The predicted octanol–water partition coefficient (Wildman–Crippen LogP) is 0.150. The highest BCUT2D eigenvalue weighted by atomic mass is 32.2. The summed E-state index contributed by atoms with van der Waals surface area (Å²) in [6.45, 7) is 5.20. The van der Waals surface area contributed by atoms with Gasteiger partial charge in [0.25, 0.3) is 0 Å². The van der Waals surface area contributed by atoms with Gasteiger partial charge < -0.3 is 10.4 Å². The van der Waals surface area contributed by atoms with Gasteiger partial charge in [-0.25, -0.2) is 0 Å². The molecule has 2 fully saturated rings. The van der Waals surface area contributed by atoms with Crippen molar-refractivity contribution in [1.82, 2.24) is 10.2 Å². The normalized spacial score (nSPS) is 35.8. The second-order valence-corrected chi connectivity index (χ2v) is 5.51. The molecule has 14 heavy (non-hydrogen) atoms. The highest BCUT2D eigenvalue weighted by Crippen LogP contribution is 2.27. The predicted molar refractivity (Wildman–Crippen MR) is 60.8 cm³/mol. The maximum atomic E-state index is 10.3. The second-order valence-electron chi connectivity index (χ2n) is 4.41. The fourth-order valence-corrected chi connectivity index (χ4v) is 3.36. The third-order valence-electron chi connectivity index (χ3n) is 3.03. The Bertz CT molecular complexity index is 177. The molecule has 3 nitrogen and oxygen atoms in total. The number of nitrogens with one attached hydrogen (secondary N) is 1. The van der Waals surface area contributed by atoms with Gasteiger partial charge in [-0.1, -0.05) is 0 Å². The zero-order valence-corrected chi connectivity index (χ0v) is 9.48. The van der Waals surface area contributed by atoms with Gasteiger partial charge in [0.15, 0.2) is 0 Å². The van der Waals surface area contributed by atoms with Crippen LogP contribution in [0, 0.1) is 0 Å². The number of β-amino-alcohol motifs (C(OH)–C–C–N with tert-alkyl or cyclic N) is 1. The van der Waals surface area contributed by atoms with Gasteiger partial charge in [-0.3, -0.25) is 4.90 Å². The molecule has 2 heterocycles. The number of hydrogen-bond acceptors (Lipinski definition) is 4. The second kappa shape index (κ2) is 4.84. The molecule has 0 aromatic rings. The monoisotopic (exact) mass is 216 g/mol. The van der Waals surface area contributed by atoms with Crippen LogP contribution < -0.4 is 5.32 Å². The summed E-state index contributed by atoms with van der Waals surface area (Å²) in [5.74, 6) is 2.15. The molecule has 2 aliphatic heterocycles. The lowest BCUT2D eigenvalue weighted by Crippen LogP contribution is -2.52. The highest BCUT2D eigenvalue weighted by molar-refractivity contribution is 7.99. The Labute approximate surface area is 90.2 Å². The van der Waals surface area contributed by atoms with Crippen molar-refractivity contribution in [3.63, 3.8) is 0 Å². The summed E-state index contributed by atoms with van der Waals surface area (Å²) in [5, 5.41) is 13.7. The highest BCUT2D eigenvalue weighted by Gasteiger charge is 2.31. The molecule has 1 atom stereocenters. The zero-order valence-electron chi connectivity index (χ0n) is 8.67. The smallest absolute Gasteiger partial charge is 0.0864 e. The fraction of sp³-hybridized carbons (Fsp3) is 1.00. The Morgan fingerprint density at radius 3 is 2.79 bits per heavy atom. The number of nitrogens with zero attached hydrogens (tertiary/aromatic N) is 1. The van der Waals surface area contributed by atoms with Gasteiger partial charge in [0.2, 0.25) is 0 Å². The minimum Gasteiger partial charge on any atom is -0.388 e. The summed E-state index contributed by atoms with van der Waals surface area (Å²) in [5.41, 5.74) is -0.403. The summed E-state index contributed by atoms with van der Waals surface area (Å²) in [6.07, 6.45) is 2.16. The average Bonchev–Trinajstić information content (AvgIpc) is 2.19. The molecular weight excluding hydrogens is 196 g/mol. The van der Waals surface area contributed by atoms with E-state index in [0.29, 0.717) is 0 Å². The number of piperazine rings is 1. The van der Waals surface area contributed by atoms with Gasteiger partial charge in [0.05, 0.1) is 5.60 Å². The fourth-order valence-electron chi connectivity index (χ4n) is 2.25. The van der Waals surface area contributed by atoms with E-state index in [1.807, 2.05) is 11.8 Å². The average molecular weight is 216 g/mol. The molecule has 0 aromatic carbocycles. The Morgan fingerprint density at radius 2 is 2.14 bits per heavy atom. The Balaban J connectivity index is 1.81. The van der Waals surface area contributed by atoms with E-state index in [0.717, 1.165) is 44.9 Å². The van der Waals surface area contributed by atoms with Crippen molar-refractivity contribution in [2.75, 3.05) is 44.2 Å². The van der Waals surface area contributed by atoms with Crippen LogP contribution >= 0.6 is 11.8 Å². The molecule has 0 radical (unpaired) electrons. The zero-order chi connectivity index (χ0) is 9.86. The molecular formula is C10H20N2OS. The van der Waals surface area contributed by atoms with Crippen molar-refractivity contribution in [1.29, 1.82) is 0 Å². The van der Waals surface area contributed by atoms with E-state index in [2.05, 4.69) is 10.2 Å². The Kier molecular flexibility index (Phi) is 3.71. The summed E-state index contributed by atoms with van der Waals surface area (Å²) < 4.78 is 0.